The lowest BCUT2D eigenvalue weighted by molar-refractivity contribution is -0.116. The number of hydrogen-bond donors (Lipinski definition) is 1. The quantitative estimate of drug-likeness (QED) is 0.439. The van der Waals surface area contributed by atoms with Gasteiger partial charge in [0.15, 0.2) is 5.75 Å². The van der Waals surface area contributed by atoms with Gasteiger partial charge >= 0.3 is 0 Å². The van der Waals surface area contributed by atoms with Gasteiger partial charge in [-0.25, -0.2) is 0 Å². The number of anilines is 1. The van der Waals surface area contributed by atoms with E-state index < -0.39 is 5.92 Å². The number of hydrogen-bond acceptors (Lipinski definition) is 3. The zero-order chi connectivity index (χ0) is 20.3. The minimum Gasteiger partial charge on any atom is -0.457 e. The smallest absolute Gasteiger partial charge is 0.236 e. The minimum atomic E-state index is -0.476. The molecule has 0 radical (unpaired) electrons. The van der Waals surface area contributed by atoms with Crippen LogP contribution in [-0.4, -0.2) is 5.91 Å². The summed E-state index contributed by atoms with van der Waals surface area (Å²) in [6.07, 6.45) is 0. The second-order valence-electron chi connectivity index (χ2n) is 7.01. The lowest BCUT2D eigenvalue weighted by Crippen LogP contribution is -2.25. The molecule has 4 heteroatoms. The summed E-state index contributed by atoms with van der Waals surface area (Å²) in [5.41, 5.74) is 2.30. The normalized spacial score (nSPS) is 12.3. The molecule has 0 fully saturated rings. The second-order valence-corrected chi connectivity index (χ2v) is 7.01. The van der Waals surface area contributed by atoms with Gasteiger partial charge in [-0.15, -0.1) is 0 Å². The molecular weight excluding hydrogens is 374 g/mol. The van der Waals surface area contributed by atoms with Crippen LogP contribution >= 0.6 is 0 Å². The van der Waals surface area contributed by atoms with E-state index in [1.54, 1.807) is 0 Å². The molecule has 30 heavy (non-hydrogen) atoms. The Bertz CT molecular complexity index is 1160. The SMILES string of the molecule is O=C(Nc1ccccc1Oc1ccccc1)C1c2ccccc2Oc2ccccc21. The first kappa shape index (κ1) is 18.0. The van der Waals surface area contributed by atoms with E-state index in [9.17, 15) is 4.79 Å². The fraction of sp³-hybridized carbons (Fsp3) is 0.0385. The third kappa shape index (κ3) is 3.40. The monoisotopic (exact) mass is 393 g/mol. The van der Waals surface area contributed by atoms with Crippen LogP contribution in [0.1, 0.15) is 17.0 Å². The van der Waals surface area contributed by atoms with Crippen molar-refractivity contribution in [2.75, 3.05) is 5.32 Å². The predicted molar refractivity (Wildman–Crippen MR) is 116 cm³/mol. The minimum absolute atomic E-state index is 0.137. The van der Waals surface area contributed by atoms with Crippen molar-refractivity contribution in [3.63, 3.8) is 0 Å². The summed E-state index contributed by atoms with van der Waals surface area (Å²) in [6.45, 7) is 0. The Morgan fingerprint density at radius 1 is 0.700 bits per heavy atom. The zero-order valence-electron chi connectivity index (χ0n) is 16.1. The lowest BCUT2D eigenvalue weighted by atomic mass is 9.87. The number of rotatable bonds is 4. The molecule has 0 bridgehead atoms. The number of benzene rings is 4. The molecule has 146 valence electrons. The fourth-order valence-electron chi connectivity index (χ4n) is 3.67. The lowest BCUT2D eigenvalue weighted by Gasteiger charge is -2.27. The van der Waals surface area contributed by atoms with Crippen LogP contribution in [0, 0.1) is 0 Å². The molecule has 1 aliphatic rings. The van der Waals surface area contributed by atoms with Crippen molar-refractivity contribution in [1.82, 2.24) is 0 Å². The third-order valence-corrected chi connectivity index (χ3v) is 5.06. The maximum Gasteiger partial charge on any atom is 0.236 e. The van der Waals surface area contributed by atoms with Crippen LogP contribution in [-0.2, 0) is 4.79 Å². The fourth-order valence-corrected chi connectivity index (χ4v) is 3.67. The molecule has 1 heterocycles. The van der Waals surface area contributed by atoms with Crippen LogP contribution in [0.4, 0.5) is 5.69 Å². The van der Waals surface area contributed by atoms with Crippen molar-refractivity contribution in [3.05, 3.63) is 114 Å². The number of carbonyl (C=O) groups is 1. The maximum atomic E-state index is 13.5. The van der Waals surface area contributed by atoms with Crippen LogP contribution in [0.25, 0.3) is 0 Å². The number of nitrogens with one attached hydrogen (secondary N) is 1. The highest BCUT2D eigenvalue weighted by Crippen LogP contribution is 2.44. The van der Waals surface area contributed by atoms with Crippen LogP contribution < -0.4 is 14.8 Å². The molecule has 0 saturated heterocycles. The summed E-state index contributed by atoms with van der Waals surface area (Å²) in [4.78, 5) is 13.5. The van der Waals surface area contributed by atoms with E-state index in [0.717, 1.165) is 11.1 Å². The van der Waals surface area contributed by atoms with E-state index in [2.05, 4.69) is 5.32 Å². The summed E-state index contributed by atoms with van der Waals surface area (Å²) >= 11 is 0. The zero-order valence-corrected chi connectivity index (χ0v) is 16.1. The van der Waals surface area contributed by atoms with Crippen molar-refractivity contribution in [2.24, 2.45) is 0 Å². The van der Waals surface area contributed by atoms with Gasteiger partial charge < -0.3 is 14.8 Å². The summed E-state index contributed by atoms with van der Waals surface area (Å²) in [5, 5.41) is 3.06. The molecule has 0 spiro atoms. The first-order chi connectivity index (χ1) is 14.8. The van der Waals surface area contributed by atoms with Gasteiger partial charge in [-0.05, 0) is 36.4 Å². The molecule has 4 aromatic rings. The van der Waals surface area contributed by atoms with E-state index in [1.807, 2.05) is 103 Å². The van der Waals surface area contributed by atoms with E-state index >= 15 is 0 Å². The van der Waals surface area contributed by atoms with E-state index in [4.69, 9.17) is 9.47 Å². The van der Waals surface area contributed by atoms with E-state index in [1.165, 1.54) is 0 Å². The third-order valence-electron chi connectivity index (χ3n) is 5.06. The molecule has 0 saturated carbocycles. The van der Waals surface area contributed by atoms with Crippen molar-refractivity contribution in [3.8, 4) is 23.0 Å². The van der Waals surface area contributed by atoms with Gasteiger partial charge in [0.25, 0.3) is 0 Å². The average molecular weight is 393 g/mol. The van der Waals surface area contributed by atoms with Crippen LogP contribution in [0.3, 0.4) is 0 Å². The molecule has 5 rings (SSSR count). The Balaban J connectivity index is 1.49. The molecule has 1 N–H and O–H groups in total. The molecular formula is C26H19NO3. The predicted octanol–water partition coefficient (Wildman–Crippen LogP) is 6.36. The Kier molecular flexibility index (Phi) is 4.66. The number of fused-ring (bicyclic) bond motifs is 2. The largest absolute Gasteiger partial charge is 0.457 e. The highest BCUT2D eigenvalue weighted by atomic mass is 16.5. The van der Waals surface area contributed by atoms with Gasteiger partial charge in [0, 0.05) is 11.1 Å². The van der Waals surface area contributed by atoms with Crippen molar-refractivity contribution < 1.29 is 14.3 Å². The second kappa shape index (κ2) is 7.76. The summed E-state index contributed by atoms with van der Waals surface area (Å²) in [6, 6.07) is 32.2. The van der Waals surface area contributed by atoms with Gasteiger partial charge in [-0.2, -0.15) is 0 Å². The Hall–Kier alpha value is -4.05. The van der Waals surface area contributed by atoms with Gasteiger partial charge in [0.05, 0.1) is 11.6 Å². The molecule has 0 aromatic heterocycles. The molecule has 0 aliphatic carbocycles. The number of amides is 1. The highest BCUT2D eigenvalue weighted by Gasteiger charge is 2.32. The summed E-state index contributed by atoms with van der Waals surface area (Å²) in [7, 11) is 0. The summed E-state index contributed by atoms with van der Waals surface area (Å²) < 4.78 is 12.0. The van der Waals surface area contributed by atoms with Gasteiger partial charge in [0.1, 0.15) is 17.2 Å². The first-order valence-corrected chi connectivity index (χ1v) is 9.78. The molecule has 0 atom stereocenters. The van der Waals surface area contributed by atoms with Crippen molar-refractivity contribution in [2.45, 2.75) is 5.92 Å². The standard InChI is InChI=1S/C26H19NO3/c28-26(27-21-14-6-9-17-24(21)29-18-10-2-1-3-11-18)25-19-12-4-7-15-22(19)30-23-16-8-5-13-20(23)25/h1-17,25H,(H,27,28). The van der Waals surface area contributed by atoms with Crippen LogP contribution in [0.15, 0.2) is 103 Å². The first-order valence-electron chi connectivity index (χ1n) is 9.78. The van der Waals surface area contributed by atoms with Crippen LogP contribution in [0.2, 0.25) is 0 Å². The van der Waals surface area contributed by atoms with E-state index in [-0.39, 0.29) is 5.91 Å². The van der Waals surface area contributed by atoms with Crippen molar-refractivity contribution >= 4 is 11.6 Å². The molecule has 1 aliphatic heterocycles. The number of carbonyl (C=O) groups excluding carboxylic acids is 1. The molecule has 0 unspecified atom stereocenters. The average Bonchev–Trinajstić information content (AvgIpc) is 2.79. The van der Waals surface area contributed by atoms with Gasteiger partial charge in [0.2, 0.25) is 5.91 Å². The Morgan fingerprint density at radius 3 is 1.97 bits per heavy atom. The van der Waals surface area contributed by atoms with Crippen molar-refractivity contribution in [1.29, 1.82) is 0 Å². The van der Waals surface area contributed by atoms with Gasteiger partial charge in [-0.1, -0.05) is 66.7 Å². The maximum absolute atomic E-state index is 13.5. The molecule has 4 aromatic carbocycles. The highest BCUT2D eigenvalue weighted by molar-refractivity contribution is 6.00. The number of ether oxygens (including phenoxy) is 2. The van der Waals surface area contributed by atoms with Crippen LogP contribution in [0.5, 0.6) is 23.0 Å². The topological polar surface area (TPSA) is 47.6 Å². The summed E-state index contributed by atoms with van der Waals surface area (Å²) in [5.74, 6) is 2.08. The Morgan fingerprint density at radius 2 is 1.27 bits per heavy atom. The molecule has 4 nitrogen and oxygen atoms in total. The van der Waals surface area contributed by atoms with E-state index in [0.29, 0.717) is 28.7 Å². The Labute approximate surface area is 174 Å². The molecule has 1 amide bonds. The van der Waals surface area contributed by atoms with Gasteiger partial charge in [-0.3, -0.25) is 4.79 Å². The number of para-hydroxylation sites is 5.